The summed E-state index contributed by atoms with van der Waals surface area (Å²) in [5.74, 6) is 0. The highest BCUT2D eigenvalue weighted by atomic mass is 17.0. The van der Waals surface area contributed by atoms with Crippen LogP contribution in [0.2, 0.25) is 0 Å². The van der Waals surface area contributed by atoms with Gasteiger partial charge in [0.2, 0.25) is 0 Å². The van der Waals surface area contributed by atoms with E-state index in [0.29, 0.717) is 13.2 Å². The largest absolute Gasteiger partial charge is 0.409 e. The second-order valence-corrected chi connectivity index (χ2v) is 3.84. The maximum absolute atomic E-state index is 9.75. The van der Waals surface area contributed by atoms with Crippen molar-refractivity contribution in [1.29, 1.82) is 0 Å². The molecule has 0 aromatic carbocycles. The molecule has 0 rings (SSSR count). The van der Waals surface area contributed by atoms with Crippen molar-refractivity contribution < 1.29 is 19.3 Å². The zero-order valence-corrected chi connectivity index (χ0v) is 10.8. The van der Waals surface area contributed by atoms with Crippen LogP contribution in [0.15, 0.2) is 0 Å². The summed E-state index contributed by atoms with van der Waals surface area (Å²) in [5.41, 5.74) is 0. The van der Waals surface area contributed by atoms with Crippen LogP contribution < -0.4 is 0 Å². The lowest BCUT2D eigenvalue weighted by atomic mass is 10.3. The zero-order valence-electron chi connectivity index (χ0n) is 10.8. The Labute approximate surface area is 98.9 Å². The maximum atomic E-state index is 9.75. The number of rotatable bonds is 11. The van der Waals surface area contributed by atoms with Crippen LogP contribution in [0.25, 0.3) is 0 Å². The minimum absolute atomic E-state index is 0.450. The summed E-state index contributed by atoms with van der Waals surface area (Å²) in [7, 11) is 1.37. The van der Waals surface area contributed by atoms with Gasteiger partial charge in [-0.05, 0) is 12.8 Å². The maximum Gasteiger partial charge on any atom is 0.409 e. The van der Waals surface area contributed by atoms with Crippen molar-refractivity contribution in [3.63, 3.8) is 0 Å². The summed E-state index contributed by atoms with van der Waals surface area (Å²) < 4.78 is 15.2. The number of hydrogen-bond acceptors (Lipinski definition) is 4. The molecule has 0 radical (unpaired) electrons. The van der Waals surface area contributed by atoms with Gasteiger partial charge >= 0.3 is 6.16 Å². The van der Waals surface area contributed by atoms with Gasteiger partial charge in [0.15, 0.2) is 0 Å². The van der Waals surface area contributed by atoms with Crippen molar-refractivity contribution in [3.8, 4) is 0 Å². The zero-order chi connectivity index (χ0) is 12.3. The van der Waals surface area contributed by atoms with Gasteiger partial charge in [-0.25, -0.2) is 0 Å². The first-order valence-electron chi connectivity index (χ1n) is 6.24. The molecular weight excluding hydrogens is 208 g/mol. The normalized spacial score (nSPS) is 12.0. The summed E-state index contributed by atoms with van der Waals surface area (Å²) in [6, 6.07) is 0. The van der Waals surface area contributed by atoms with Crippen LogP contribution in [0.1, 0.15) is 52.4 Å². The lowest BCUT2D eigenvalue weighted by Gasteiger charge is -2.25. The van der Waals surface area contributed by atoms with Crippen molar-refractivity contribution in [2.45, 2.75) is 58.5 Å². The van der Waals surface area contributed by atoms with Gasteiger partial charge in [0.25, 0.3) is 0 Å². The highest BCUT2D eigenvalue weighted by molar-refractivity contribution is 4.42. The van der Waals surface area contributed by atoms with Gasteiger partial charge in [0.05, 0.1) is 13.2 Å². The van der Waals surface area contributed by atoms with E-state index in [2.05, 4.69) is 13.8 Å². The van der Waals surface area contributed by atoms with Gasteiger partial charge in [-0.1, -0.05) is 39.5 Å². The summed E-state index contributed by atoms with van der Waals surface area (Å²) >= 11 is 0. The quantitative estimate of drug-likeness (QED) is 0.441. The van der Waals surface area contributed by atoms with E-state index in [9.17, 15) is 5.11 Å². The van der Waals surface area contributed by atoms with Crippen molar-refractivity contribution in [2.24, 2.45) is 0 Å². The molecule has 0 fully saturated rings. The van der Waals surface area contributed by atoms with Crippen LogP contribution in [0, 0.1) is 0 Å². The van der Waals surface area contributed by atoms with Crippen LogP contribution in [-0.2, 0) is 14.2 Å². The van der Waals surface area contributed by atoms with Gasteiger partial charge in [0.1, 0.15) is 0 Å². The minimum Gasteiger partial charge on any atom is -0.319 e. The van der Waals surface area contributed by atoms with E-state index in [0.717, 1.165) is 38.5 Å². The summed E-state index contributed by atoms with van der Waals surface area (Å²) in [5, 5.41) is 9.75. The minimum atomic E-state index is -1.86. The molecule has 4 heteroatoms. The van der Waals surface area contributed by atoms with Gasteiger partial charge in [-0.3, -0.25) is 0 Å². The second-order valence-electron chi connectivity index (χ2n) is 3.84. The fourth-order valence-corrected chi connectivity index (χ4v) is 1.27. The Morgan fingerprint density at radius 2 is 1.31 bits per heavy atom. The number of aliphatic hydroxyl groups is 1. The molecule has 0 aromatic heterocycles. The Morgan fingerprint density at radius 3 is 1.62 bits per heavy atom. The van der Waals surface area contributed by atoms with E-state index in [1.807, 2.05) is 0 Å². The van der Waals surface area contributed by atoms with Crippen molar-refractivity contribution >= 4 is 0 Å². The number of ether oxygens (including phenoxy) is 3. The fourth-order valence-electron chi connectivity index (χ4n) is 1.27. The van der Waals surface area contributed by atoms with Gasteiger partial charge in [-0.15, -0.1) is 0 Å². The molecule has 0 heterocycles. The van der Waals surface area contributed by atoms with Crippen molar-refractivity contribution in [3.05, 3.63) is 0 Å². The molecule has 98 valence electrons. The predicted molar refractivity (Wildman–Crippen MR) is 62.9 cm³/mol. The van der Waals surface area contributed by atoms with Crippen LogP contribution in [0.5, 0.6) is 0 Å². The van der Waals surface area contributed by atoms with Crippen LogP contribution >= 0.6 is 0 Å². The fraction of sp³-hybridized carbons (Fsp3) is 1.00. The molecular formula is C12H26O4. The first-order chi connectivity index (χ1) is 7.68. The Kier molecular flexibility index (Phi) is 9.92. The summed E-state index contributed by atoms with van der Waals surface area (Å²) in [4.78, 5) is 0. The highest BCUT2D eigenvalue weighted by Gasteiger charge is 2.28. The Bertz CT molecular complexity index is 138. The number of unbranched alkanes of at least 4 members (excludes halogenated alkanes) is 4. The molecule has 0 amide bonds. The lowest BCUT2D eigenvalue weighted by Crippen LogP contribution is -2.38. The highest BCUT2D eigenvalue weighted by Crippen LogP contribution is 2.12. The number of hydrogen-bond donors (Lipinski definition) is 1. The average Bonchev–Trinajstić information content (AvgIpc) is 2.31. The van der Waals surface area contributed by atoms with E-state index in [-0.39, 0.29) is 0 Å². The molecule has 0 saturated carbocycles. The van der Waals surface area contributed by atoms with E-state index in [4.69, 9.17) is 14.2 Å². The third kappa shape index (κ3) is 8.05. The standard InChI is InChI=1S/C12H26O4/c1-4-6-8-10-15-12(13,14-3)16-11-9-7-5-2/h13H,4-11H2,1-3H3. The van der Waals surface area contributed by atoms with E-state index >= 15 is 0 Å². The molecule has 0 saturated heterocycles. The van der Waals surface area contributed by atoms with Crippen molar-refractivity contribution in [2.75, 3.05) is 20.3 Å². The Balaban J connectivity index is 3.64. The summed E-state index contributed by atoms with van der Waals surface area (Å²) in [6.07, 6.45) is 4.34. The molecule has 0 atom stereocenters. The molecule has 0 aliphatic carbocycles. The third-order valence-corrected chi connectivity index (χ3v) is 2.32. The molecule has 1 N–H and O–H groups in total. The third-order valence-electron chi connectivity index (χ3n) is 2.32. The van der Waals surface area contributed by atoms with E-state index < -0.39 is 6.16 Å². The van der Waals surface area contributed by atoms with Gasteiger partial charge in [0, 0.05) is 7.11 Å². The van der Waals surface area contributed by atoms with Crippen molar-refractivity contribution in [1.82, 2.24) is 0 Å². The average molecular weight is 234 g/mol. The van der Waals surface area contributed by atoms with Crippen LogP contribution in [-0.4, -0.2) is 31.6 Å². The molecule has 0 aliphatic rings. The summed E-state index contributed by atoms with van der Waals surface area (Å²) in [6.45, 7) is 5.13. The smallest absolute Gasteiger partial charge is 0.319 e. The first kappa shape index (κ1) is 15.8. The molecule has 0 aliphatic heterocycles. The molecule has 0 unspecified atom stereocenters. The molecule has 16 heavy (non-hydrogen) atoms. The second kappa shape index (κ2) is 10.0. The molecule has 0 spiro atoms. The van der Waals surface area contributed by atoms with E-state index in [1.165, 1.54) is 7.11 Å². The first-order valence-corrected chi connectivity index (χ1v) is 6.24. The van der Waals surface area contributed by atoms with Gasteiger partial charge in [-0.2, -0.15) is 0 Å². The van der Waals surface area contributed by atoms with Gasteiger partial charge < -0.3 is 19.3 Å². The van der Waals surface area contributed by atoms with Crippen LogP contribution in [0.4, 0.5) is 0 Å². The molecule has 0 bridgehead atoms. The molecule has 4 nitrogen and oxygen atoms in total. The molecule has 0 aromatic rings. The SMILES string of the molecule is CCCCCOC(O)(OC)OCCCCC. The monoisotopic (exact) mass is 234 g/mol. The Hall–Kier alpha value is -0.160. The Morgan fingerprint density at radius 1 is 0.875 bits per heavy atom. The topological polar surface area (TPSA) is 47.9 Å². The van der Waals surface area contributed by atoms with Crippen LogP contribution in [0.3, 0.4) is 0 Å². The van der Waals surface area contributed by atoms with E-state index in [1.54, 1.807) is 0 Å². The predicted octanol–water partition coefficient (Wildman–Crippen LogP) is 2.65. The number of methoxy groups -OCH3 is 1. The lowest BCUT2D eigenvalue weighted by molar-refractivity contribution is -0.478.